The summed E-state index contributed by atoms with van der Waals surface area (Å²) in [5.74, 6) is 0.589. The average molecular weight is 332 g/mol. The van der Waals surface area contributed by atoms with Crippen LogP contribution in [0.1, 0.15) is 41.1 Å². The molecule has 0 aliphatic carbocycles. The summed E-state index contributed by atoms with van der Waals surface area (Å²) in [5, 5.41) is 7.62. The first-order chi connectivity index (χ1) is 12.4. The molecule has 1 aliphatic heterocycles. The molecule has 1 aliphatic rings. The Labute approximate surface area is 148 Å². The van der Waals surface area contributed by atoms with E-state index in [1.54, 1.807) is 0 Å². The van der Waals surface area contributed by atoms with E-state index < -0.39 is 0 Å². The minimum atomic E-state index is 0.589. The van der Waals surface area contributed by atoms with Gasteiger partial charge in [-0.05, 0) is 48.7 Å². The number of hydrogen-bond acceptors (Lipinski definition) is 3. The lowest BCUT2D eigenvalue weighted by molar-refractivity contribution is 0.203. The fourth-order valence-corrected chi connectivity index (χ4v) is 3.76. The van der Waals surface area contributed by atoms with Crippen molar-refractivity contribution in [2.75, 3.05) is 13.1 Å². The quantitative estimate of drug-likeness (QED) is 0.773. The summed E-state index contributed by atoms with van der Waals surface area (Å²) in [6.45, 7) is 3.26. The zero-order valence-corrected chi connectivity index (χ0v) is 14.4. The lowest BCUT2D eigenvalue weighted by Gasteiger charge is -2.31. The molecule has 1 fully saturated rings. The maximum Gasteiger partial charge on any atom is 0.0525 e. The molecular weight excluding hydrogens is 308 g/mol. The monoisotopic (exact) mass is 332 g/mol. The highest BCUT2D eigenvalue weighted by atomic mass is 15.1. The van der Waals surface area contributed by atoms with Crippen molar-refractivity contribution in [2.45, 2.75) is 31.7 Å². The molecule has 0 radical (unpaired) electrons. The van der Waals surface area contributed by atoms with Crippen molar-refractivity contribution in [1.82, 2.24) is 20.1 Å². The Morgan fingerprint density at radius 2 is 1.76 bits per heavy atom. The molecule has 0 atom stereocenters. The molecule has 2 aromatic heterocycles. The molecular formula is C21H24N4. The summed E-state index contributed by atoms with van der Waals surface area (Å²) in [6, 6.07) is 14.8. The SMILES string of the molecule is c1ccc(Cc2cn[nH]c2C2CCN(Cc3cccnc3)CC2)cc1. The Bertz CT molecular complexity index is 774. The smallest absolute Gasteiger partial charge is 0.0525 e. The van der Waals surface area contributed by atoms with E-state index in [1.807, 2.05) is 24.7 Å². The van der Waals surface area contributed by atoms with Crippen LogP contribution in [0.15, 0.2) is 61.1 Å². The van der Waals surface area contributed by atoms with Gasteiger partial charge >= 0.3 is 0 Å². The van der Waals surface area contributed by atoms with Gasteiger partial charge in [0.2, 0.25) is 0 Å². The standard InChI is InChI=1S/C21H24N4/c1-2-5-17(6-3-1)13-20-15-23-24-21(20)19-8-11-25(12-9-19)16-18-7-4-10-22-14-18/h1-7,10,14-15,19H,8-9,11-13,16H2,(H,23,24). The van der Waals surface area contributed by atoms with Crippen LogP contribution in [0.25, 0.3) is 0 Å². The summed E-state index contributed by atoms with van der Waals surface area (Å²) in [6.07, 6.45) is 9.14. The first-order valence-corrected chi connectivity index (χ1v) is 9.06. The first kappa shape index (κ1) is 16.0. The van der Waals surface area contributed by atoms with Gasteiger partial charge in [0.05, 0.1) is 6.20 Å². The van der Waals surface area contributed by atoms with Crippen LogP contribution < -0.4 is 0 Å². The van der Waals surface area contributed by atoms with Crippen LogP contribution in [0.3, 0.4) is 0 Å². The topological polar surface area (TPSA) is 44.8 Å². The fraction of sp³-hybridized carbons (Fsp3) is 0.333. The number of pyridine rings is 1. The van der Waals surface area contributed by atoms with E-state index in [1.165, 1.54) is 35.2 Å². The third-order valence-electron chi connectivity index (χ3n) is 5.11. The van der Waals surface area contributed by atoms with Gasteiger partial charge in [0.15, 0.2) is 0 Å². The number of rotatable bonds is 5. The van der Waals surface area contributed by atoms with Crippen molar-refractivity contribution in [2.24, 2.45) is 0 Å². The Morgan fingerprint density at radius 1 is 0.960 bits per heavy atom. The minimum absolute atomic E-state index is 0.589. The molecule has 0 unspecified atom stereocenters. The number of aromatic nitrogens is 3. The normalized spacial score (nSPS) is 16.2. The second-order valence-corrected chi connectivity index (χ2v) is 6.88. The van der Waals surface area contributed by atoms with E-state index in [9.17, 15) is 0 Å². The summed E-state index contributed by atoms with van der Waals surface area (Å²) < 4.78 is 0. The van der Waals surface area contributed by atoms with Crippen molar-refractivity contribution >= 4 is 0 Å². The molecule has 4 rings (SSSR count). The van der Waals surface area contributed by atoms with Crippen LogP contribution in [0.4, 0.5) is 0 Å². The Kier molecular flexibility index (Phi) is 4.89. The van der Waals surface area contributed by atoms with Crippen LogP contribution in [0.5, 0.6) is 0 Å². The van der Waals surface area contributed by atoms with Crippen LogP contribution in [0.2, 0.25) is 0 Å². The average Bonchev–Trinajstić information content (AvgIpc) is 3.12. The lowest BCUT2D eigenvalue weighted by atomic mass is 9.89. The highest BCUT2D eigenvalue weighted by Crippen LogP contribution is 2.30. The third kappa shape index (κ3) is 3.97. The van der Waals surface area contributed by atoms with Crippen LogP contribution in [0, 0.1) is 0 Å². The second-order valence-electron chi connectivity index (χ2n) is 6.88. The van der Waals surface area contributed by atoms with Crippen molar-refractivity contribution in [1.29, 1.82) is 0 Å². The van der Waals surface area contributed by atoms with E-state index in [0.29, 0.717) is 5.92 Å². The van der Waals surface area contributed by atoms with E-state index in [4.69, 9.17) is 0 Å². The van der Waals surface area contributed by atoms with Crippen LogP contribution in [-0.2, 0) is 13.0 Å². The van der Waals surface area contributed by atoms with Crippen molar-refractivity contribution < 1.29 is 0 Å². The first-order valence-electron chi connectivity index (χ1n) is 9.06. The molecule has 3 heterocycles. The molecule has 1 saturated heterocycles. The van der Waals surface area contributed by atoms with Gasteiger partial charge in [-0.1, -0.05) is 36.4 Å². The molecule has 0 saturated carbocycles. The summed E-state index contributed by atoms with van der Waals surface area (Å²) in [5.41, 5.74) is 5.33. The van der Waals surface area contributed by atoms with Crippen molar-refractivity contribution in [3.8, 4) is 0 Å². The van der Waals surface area contributed by atoms with E-state index in [-0.39, 0.29) is 0 Å². The number of aromatic amines is 1. The van der Waals surface area contributed by atoms with E-state index in [2.05, 4.69) is 56.5 Å². The molecule has 4 nitrogen and oxygen atoms in total. The van der Waals surface area contributed by atoms with Crippen molar-refractivity contribution in [3.05, 3.63) is 83.4 Å². The largest absolute Gasteiger partial charge is 0.299 e. The lowest BCUT2D eigenvalue weighted by Crippen LogP contribution is -2.32. The predicted molar refractivity (Wildman–Crippen MR) is 99.3 cm³/mol. The van der Waals surface area contributed by atoms with Gasteiger partial charge in [-0.2, -0.15) is 5.10 Å². The molecule has 3 aromatic rings. The highest BCUT2D eigenvalue weighted by Gasteiger charge is 2.24. The van der Waals surface area contributed by atoms with Gasteiger partial charge in [0.1, 0.15) is 0 Å². The molecule has 0 amide bonds. The number of likely N-dealkylation sites (tertiary alicyclic amines) is 1. The number of nitrogens with zero attached hydrogens (tertiary/aromatic N) is 3. The minimum Gasteiger partial charge on any atom is -0.299 e. The highest BCUT2D eigenvalue weighted by molar-refractivity contribution is 5.29. The maximum absolute atomic E-state index is 4.33. The van der Waals surface area contributed by atoms with Crippen molar-refractivity contribution in [3.63, 3.8) is 0 Å². The predicted octanol–water partition coefficient (Wildman–Crippen LogP) is 3.78. The molecule has 1 N–H and O–H groups in total. The Morgan fingerprint density at radius 3 is 2.52 bits per heavy atom. The van der Waals surface area contributed by atoms with Crippen LogP contribution in [-0.4, -0.2) is 33.2 Å². The van der Waals surface area contributed by atoms with Gasteiger partial charge in [-0.15, -0.1) is 0 Å². The zero-order chi connectivity index (χ0) is 16.9. The van der Waals surface area contributed by atoms with Gasteiger partial charge in [-0.25, -0.2) is 0 Å². The third-order valence-corrected chi connectivity index (χ3v) is 5.11. The second kappa shape index (κ2) is 7.62. The fourth-order valence-electron chi connectivity index (χ4n) is 3.76. The summed E-state index contributed by atoms with van der Waals surface area (Å²) in [4.78, 5) is 6.75. The maximum atomic E-state index is 4.33. The molecule has 25 heavy (non-hydrogen) atoms. The van der Waals surface area contributed by atoms with Gasteiger partial charge in [0, 0.05) is 37.0 Å². The number of benzene rings is 1. The van der Waals surface area contributed by atoms with Gasteiger partial charge in [-0.3, -0.25) is 15.0 Å². The summed E-state index contributed by atoms with van der Waals surface area (Å²) in [7, 11) is 0. The number of piperidine rings is 1. The zero-order valence-electron chi connectivity index (χ0n) is 14.4. The number of hydrogen-bond donors (Lipinski definition) is 1. The van der Waals surface area contributed by atoms with Gasteiger partial charge in [0.25, 0.3) is 0 Å². The Balaban J connectivity index is 1.37. The van der Waals surface area contributed by atoms with E-state index in [0.717, 1.165) is 26.1 Å². The Hall–Kier alpha value is -2.46. The van der Waals surface area contributed by atoms with Crippen LogP contribution >= 0.6 is 0 Å². The molecule has 0 bridgehead atoms. The van der Waals surface area contributed by atoms with E-state index >= 15 is 0 Å². The number of nitrogens with one attached hydrogen (secondary N) is 1. The molecule has 4 heteroatoms. The van der Waals surface area contributed by atoms with Gasteiger partial charge < -0.3 is 0 Å². The molecule has 0 spiro atoms. The summed E-state index contributed by atoms with van der Waals surface area (Å²) >= 11 is 0. The molecule has 1 aromatic carbocycles. The number of H-pyrrole nitrogens is 1. The molecule has 128 valence electrons.